The molecule has 1 N–H and O–H groups in total. The Hall–Kier alpha value is -2.04. The molecular weight excluding hydrogens is 270 g/mol. The third kappa shape index (κ3) is 7.34. The minimum absolute atomic E-state index is 0.0212. The van der Waals surface area contributed by atoms with Gasteiger partial charge >= 0.3 is 5.97 Å². The van der Waals surface area contributed by atoms with Crippen LogP contribution in [0.3, 0.4) is 0 Å². The average Bonchev–Trinajstić information content (AvgIpc) is 2.44. The van der Waals surface area contributed by atoms with Gasteiger partial charge < -0.3 is 14.7 Å². The molecule has 0 fully saturated rings. The van der Waals surface area contributed by atoms with E-state index in [1.165, 1.54) is 5.56 Å². The summed E-state index contributed by atoms with van der Waals surface area (Å²) in [5, 5.41) is 8.54. The van der Waals surface area contributed by atoms with Crippen LogP contribution < -0.4 is 4.74 Å². The summed E-state index contributed by atoms with van der Waals surface area (Å²) in [7, 11) is 1.70. The largest absolute Gasteiger partial charge is 0.494 e. The third-order valence-electron chi connectivity index (χ3n) is 3.13. The smallest absolute Gasteiger partial charge is 0.303 e. The number of carboxylic acids is 1. The summed E-state index contributed by atoms with van der Waals surface area (Å²) in [6.45, 7) is 2.99. The van der Waals surface area contributed by atoms with Crippen LogP contribution in [0, 0.1) is 6.92 Å². The quantitative estimate of drug-likeness (QED) is 0.710. The summed E-state index contributed by atoms with van der Waals surface area (Å²) in [4.78, 5) is 23.8. The minimum Gasteiger partial charge on any atom is -0.494 e. The number of hydrogen-bond acceptors (Lipinski definition) is 3. The molecule has 0 saturated heterocycles. The first-order valence-corrected chi connectivity index (χ1v) is 7.14. The van der Waals surface area contributed by atoms with E-state index in [0.29, 0.717) is 32.4 Å². The fourth-order valence-corrected chi connectivity index (χ4v) is 1.83. The first-order valence-electron chi connectivity index (χ1n) is 7.14. The van der Waals surface area contributed by atoms with Crippen molar-refractivity contribution >= 4 is 11.9 Å². The topological polar surface area (TPSA) is 66.8 Å². The SMILES string of the molecule is Cc1ccc(OCCCC(=O)N(C)CCCC(=O)O)cc1. The van der Waals surface area contributed by atoms with Gasteiger partial charge in [-0.1, -0.05) is 17.7 Å². The van der Waals surface area contributed by atoms with Gasteiger partial charge in [0.15, 0.2) is 0 Å². The highest BCUT2D eigenvalue weighted by Gasteiger charge is 2.09. The predicted molar refractivity (Wildman–Crippen MR) is 80.4 cm³/mol. The number of amides is 1. The second-order valence-corrected chi connectivity index (χ2v) is 5.08. The first kappa shape index (κ1) is 17.0. The van der Waals surface area contributed by atoms with E-state index in [4.69, 9.17) is 9.84 Å². The lowest BCUT2D eigenvalue weighted by Gasteiger charge is -2.16. The fourth-order valence-electron chi connectivity index (χ4n) is 1.83. The molecule has 5 heteroatoms. The molecule has 0 aromatic heterocycles. The van der Waals surface area contributed by atoms with Crippen molar-refractivity contribution in [1.82, 2.24) is 4.90 Å². The molecule has 0 spiro atoms. The fraction of sp³-hybridized carbons (Fsp3) is 0.500. The molecule has 0 aliphatic heterocycles. The van der Waals surface area contributed by atoms with Crippen molar-refractivity contribution in [2.24, 2.45) is 0 Å². The van der Waals surface area contributed by atoms with E-state index in [2.05, 4.69) is 0 Å². The van der Waals surface area contributed by atoms with Crippen molar-refractivity contribution in [3.05, 3.63) is 29.8 Å². The Bertz CT molecular complexity index is 456. The second kappa shape index (κ2) is 9.00. The number of nitrogens with zero attached hydrogens (tertiary/aromatic N) is 1. The monoisotopic (exact) mass is 293 g/mol. The molecule has 0 heterocycles. The van der Waals surface area contributed by atoms with Crippen LogP contribution in [0.5, 0.6) is 5.75 Å². The van der Waals surface area contributed by atoms with E-state index in [9.17, 15) is 9.59 Å². The maximum atomic E-state index is 11.8. The normalized spacial score (nSPS) is 10.2. The highest BCUT2D eigenvalue weighted by Crippen LogP contribution is 2.12. The number of carbonyl (C=O) groups is 2. The van der Waals surface area contributed by atoms with Gasteiger partial charge in [0.1, 0.15) is 5.75 Å². The Morgan fingerprint density at radius 2 is 1.81 bits per heavy atom. The van der Waals surface area contributed by atoms with Crippen LogP contribution in [-0.2, 0) is 9.59 Å². The summed E-state index contributed by atoms with van der Waals surface area (Å²) in [6.07, 6.45) is 1.64. The summed E-state index contributed by atoms with van der Waals surface area (Å²) in [6, 6.07) is 7.79. The van der Waals surface area contributed by atoms with Gasteiger partial charge in [-0.2, -0.15) is 0 Å². The number of hydrogen-bond donors (Lipinski definition) is 1. The van der Waals surface area contributed by atoms with E-state index < -0.39 is 5.97 Å². The van der Waals surface area contributed by atoms with Gasteiger partial charge in [0.2, 0.25) is 5.91 Å². The van der Waals surface area contributed by atoms with E-state index >= 15 is 0 Å². The van der Waals surface area contributed by atoms with Gasteiger partial charge in [0.05, 0.1) is 6.61 Å². The number of ether oxygens (including phenoxy) is 1. The van der Waals surface area contributed by atoms with Gasteiger partial charge in [-0.05, 0) is 31.9 Å². The van der Waals surface area contributed by atoms with E-state index in [1.807, 2.05) is 31.2 Å². The van der Waals surface area contributed by atoms with Gasteiger partial charge in [0.25, 0.3) is 0 Å². The van der Waals surface area contributed by atoms with Crippen LogP contribution in [0.2, 0.25) is 0 Å². The molecule has 1 rings (SSSR count). The Morgan fingerprint density at radius 1 is 1.14 bits per heavy atom. The molecule has 0 aliphatic carbocycles. The second-order valence-electron chi connectivity index (χ2n) is 5.08. The van der Waals surface area contributed by atoms with Crippen LogP contribution in [-0.4, -0.2) is 42.1 Å². The van der Waals surface area contributed by atoms with E-state index in [-0.39, 0.29) is 12.3 Å². The van der Waals surface area contributed by atoms with Gasteiger partial charge in [0, 0.05) is 26.4 Å². The summed E-state index contributed by atoms with van der Waals surface area (Å²) < 4.78 is 5.56. The molecule has 5 nitrogen and oxygen atoms in total. The lowest BCUT2D eigenvalue weighted by atomic mass is 10.2. The summed E-state index contributed by atoms with van der Waals surface area (Å²) >= 11 is 0. The van der Waals surface area contributed by atoms with Crippen LogP contribution in [0.25, 0.3) is 0 Å². The standard InChI is InChI=1S/C16H23NO4/c1-13-7-9-14(10-8-13)21-12-4-5-15(18)17(2)11-3-6-16(19)20/h7-10H,3-6,11-12H2,1-2H3,(H,19,20). The van der Waals surface area contributed by atoms with Crippen molar-refractivity contribution < 1.29 is 19.4 Å². The first-order chi connectivity index (χ1) is 9.99. The Balaban J connectivity index is 2.15. The zero-order chi connectivity index (χ0) is 15.7. The highest BCUT2D eigenvalue weighted by atomic mass is 16.5. The molecule has 0 radical (unpaired) electrons. The molecule has 0 atom stereocenters. The average molecular weight is 293 g/mol. The van der Waals surface area contributed by atoms with Crippen LogP contribution in [0.1, 0.15) is 31.2 Å². The van der Waals surface area contributed by atoms with Crippen molar-refractivity contribution in [2.45, 2.75) is 32.6 Å². The number of aliphatic carboxylic acids is 1. The molecule has 116 valence electrons. The number of carbonyl (C=O) groups excluding carboxylic acids is 1. The van der Waals surface area contributed by atoms with Crippen LogP contribution in [0.4, 0.5) is 0 Å². The van der Waals surface area contributed by atoms with E-state index in [1.54, 1.807) is 11.9 Å². The van der Waals surface area contributed by atoms with Gasteiger partial charge in [-0.3, -0.25) is 9.59 Å². The zero-order valence-corrected chi connectivity index (χ0v) is 12.7. The lowest BCUT2D eigenvalue weighted by molar-refractivity contribution is -0.138. The predicted octanol–water partition coefficient (Wildman–Crippen LogP) is 2.48. The molecule has 1 amide bonds. The van der Waals surface area contributed by atoms with Crippen molar-refractivity contribution in [3.63, 3.8) is 0 Å². The summed E-state index contributed by atoms with van der Waals surface area (Å²) in [5.74, 6) is -0.00176. The molecular formula is C16H23NO4. The highest BCUT2D eigenvalue weighted by molar-refractivity contribution is 5.75. The van der Waals surface area contributed by atoms with Gasteiger partial charge in [-0.15, -0.1) is 0 Å². The maximum Gasteiger partial charge on any atom is 0.303 e. The summed E-state index contributed by atoms with van der Waals surface area (Å²) in [5.41, 5.74) is 1.18. The lowest BCUT2D eigenvalue weighted by Crippen LogP contribution is -2.28. The molecule has 0 saturated carbocycles. The number of carboxylic acid groups (broad SMARTS) is 1. The Morgan fingerprint density at radius 3 is 2.43 bits per heavy atom. The van der Waals surface area contributed by atoms with Gasteiger partial charge in [-0.25, -0.2) is 0 Å². The van der Waals surface area contributed by atoms with E-state index in [0.717, 1.165) is 5.75 Å². The van der Waals surface area contributed by atoms with Crippen LogP contribution >= 0.6 is 0 Å². The number of rotatable bonds is 9. The molecule has 0 aliphatic rings. The molecule has 1 aromatic carbocycles. The molecule has 1 aromatic rings. The van der Waals surface area contributed by atoms with Crippen LogP contribution in [0.15, 0.2) is 24.3 Å². The third-order valence-corrected chi connectivity index (χ3v) is 3.13. The van der Waals surface area contributed by atoms with Crippen molar-refractivity contribution in [3.8, 4) is 5.75 Å². The number of aryl methyl sites for hydroxylation is 1. The minimum atomic E-state index is -0.831. The zero-order valence-electron chi connectivity index (χ0n) is 12.7. The Labute approximate surface area is 125 Å². The molecule has 0 unspecified atom stereocenters. The number of benzene rings is 1. The molecule has 0 bridgehead atoms. The van der Waals surface area contributed by atoms with Crippen molar-refractivity contribution in [2.75, 3.05) is 20.2 Å². The molecule has 21 heavy (non-hydrogen) atoms. The Kier molecular flexibility index (Phi) is 7.29. The van der Waals surface area contributed by atoms with Crippen molar-refractivity contribution in [1.29, 1.82) is 0 Å². The maximum absolute atomic E-state index is 11.8.